The molecule has 0 bridgehead atoms. The molecule has 1 heterocycles. The molecule has 4 N–H and O–H groups in total. The number of anilines is 2. The van der Waals surface area contributed by atoms with E-state index in [2.05, 4.69) is 15.0 Å². The summed E-state index contributed by atoms with van der Waals surface area (Å²) in [5.41, 5.74) is 10.6. The number of nitrogens with zero attached hydrogens (tertiary/aromatic N) is 2. The van der Waals surface area contributed by atoms with Gasteiger partial charge >= 0.3 is 0 Å². The number of methoxy groups -OCH3 is 1. The summed E-state index contributed by atoms with van der Waals surface area (Å²) in [6.07, 6.45) is 5.72. The van der Waals surface area contributed by atoms with Crippen LogP contribution in [0.3, 0.4) is 0 Å². The van der Waals surface area contributed by atoms with Crippen molar-refractivity contribution in [2.75, 3.05) is 24.3 Å². The van der Waals surface area contributed by atoms with E-state index >= 15 is 0 Å². The zero-order valence-corrected chi connectivity index (χ0v) is 27.4. The Morgan fingerprint density at radius 1 is 1.00 bits per heavy atom. The molecular weight excluding hydrogens is 598 g/mol. The minimum absolute atomic E-state index is 0.0102. The molecule has 9 nitrogen and oxygen atoms in total. The average Bonchev–Trinajstić information content (AvgIpc) is 3.46. The Kier molecular flexibility index (Phi) is 10.7. The summed E-state index contributed by atoms with van der Waals surface area (Å²) in [6.45, 7) is 4.25. The summed E-state index contributed by atoms with van der Waals surface area (Å²) < 4.78 is 9.71. The Balaban J connectivity index is 1.52. The highest BCUT2D eigenvalue weighted by molar-refractivity contribution is 7.09. The quantitative estimate of drug-likeness (QED) is 0.180. The van der Waals surface area contributed by atoms with Crippen molar-refractivity contribution in [3.05, 3.63) is 106 Å². The van der Waals surface area contributed by atoms with E-state index in [0.717, 1.165) is 60.3 Å². The monoisotopic (exact) mass is 639 g/mol. The first-order valence-electron chi connectivity index (χ1n) is 15.7. The van der Waals surface area contributed by atoms with E-state index < -0.39 is 11.9 Å². The summed E-state index contributed by atoms with van der Waals surface area (Å²) >= 11 is 0.873. The van der Waals surface area contributed by atoms with E-state index in [-0.39, 0.29) is 34.1 Å². The van der Waals surface area contributed by atoms with Crippen LogP contribution < -0.4 is 26.0 Å². The van der Waals surface area contributed by atoms with Crippen molar-refractivity contribution in [1.82, 2.24) is 15.0 Å². The van der Waals surface area contributed by atoms with Gasteiger partial charge < -0.3 is 21.1 Å². The predicted octanol–water partition coefficient (Wildman–Crippen LogP) is 6.16. The number of ether oxygens (including phenoxy) is 1. The molecule has 0 aliphatic heterocycles. The van der Waals surface area contributed by atoms with Crippen molar-refractivity contribution in [3.63, 3.8) is 0 Å². The highest BCUT2D eigenvalue weighted by atomic mass is 32.1. The lowest BCUT2D eigenvalue weighted by atomic mass is 9.95. The van der Waals surface area contributed by atoms with E-state index in [9.17, 15) is 14.4 Å². The van der Waals surface area contributed by atoms with E-state index in [4.69, 9.17) is 10.5 Å². The maximum Gasteiger partial charge on any atom is 0.273 e. The molecule has 4 aromatic rings. The molecule has 240 valence electrons. The van der Waals surface area contributed by atoms with E-state index in [1.165, 1.54) is 4.90 Å². The lowest BCUT2D eigenvalue weighted by Crippen LogP contribution is -2.44. The third-order valence-electron chi connectivity index (χ3n) is 8.40. The van der Waals surface area contributed by atoms with Crippen LogP contribution in [0.15, 0.2) is 72.8 Å². The number of aromatic nitrogens is 1. The minimum atomic E-state index is -1.06. The van der Waals surface area contributed by atoms with Gasteiger partial charge in [-0.3, -0.25) is 19.3 Å². The van der Waals surface area contributed by atoms with Crippen molar-refractivity contribution in [3.8, 4) is 5.75 Å². The van der Waals surface area contributed by atoms with Gasteiger partial charge in [-0.05, 0) is 79.5 Å². The summed E-state index contributed by atoms with van der Waals surface area (Å²) in [5, 5.41) is 6.10. The number of rotatable bonds is 11. The van der Waals surface area contributed by atoms with Crippen LogP contribution in [0.25, 0.3) is 0 Å². The summed E-state index contributed by atoms with van der Waals surface area (Å²) in [7, 11) is 1.57. The van der Waals surface area contributed by atoms with Gasteiger partial charge in [0.25, 0.3) is 11.8 Å². The van der Waals surface area contributed by atoms with E-state index in [1.54, 1.807) is 31.4 Å². The third kappa shape index (κ3) is 7.56. The number of hydrogen-bond donors (Lipinski definition) is 3. The summed E-state index contributed by atoms with van der Waals surface area (Å²) in [4.78, 5) is 43.6. The van der Waals surface area contributed by atoms with Gasteiger partial charge in [-0.1, -0.05) is 79.4 Å². The Labute approximate surface area is 274 Å². The second kappa shape index (κ2) is 15.1. The first-order valence-corrected chi connectivity index (χ1v) is 16.5. The molecule has 1 aliphatic carbocycles. The van der Waals surface area contributed by atoms with Crippen molar-refractivity contribution in [1.29, 1.82) is 0 Å². The standard InChI is InChI=1S/C36H41N5O4S/c1-23-14-19-29(24(2)22-23)41(36(44)33-30(37)31(40-46-33)34(42)39-27-12-8-5-9-13-27)32(26-15-17-28(45-3)18-16-26)35(43)38-21-20-25-10-6-4-7-11-25/h4,6-7,10-11,14-19,22,27,32H,5,8-9,12-13,20-21,37H2,1-3H3,(H,38,43)(H,39,42)/t32-/m0/s1. The van der Waals surface area contributed by atoms with Crippen molar-refractivity contribution in [2.24, 2.45) is 0 Å². The van der Waals surface area contributed by atoms with Crippen LogP contribution in [0, 0.1) is 13.8 Å². The van der Waals surface area contributed by atoms with Crippen molar-refractivity contribution >= 4 is 40.6 Å². The van der Waals surface area contributed by atoms with Gasteiger partial charge in [0.1, 0.15) is 16.7 Å². The Bertz CT molecular complexity index is 1670. The normalized spacial score (nSPS) is 13.9. The van der Waals surface area contributed by atoms with Gasteiger partial charge in [0.05, 0.1) is 12.8 Å². The molecule has 1 fully saturated rings. The fraction of sp³-hybridized carbons (Fsp3) is 0.333. The van der Waals surface area contributed by atoms with Gasteiger partial charge in [-0.2, -0.15) is 4.37 Å². The minimum Gasteiger partial charge on any atom is -0.497 e. The third-order valence-corrected chi connectivity index (χ3v) is 9.25. The first kappa shape index (κ1) is 32.7. The lowest BCUT2D eigenvalue weighted by molar-refractivity contribution is -0.122. The second-order valence-electron chi connectivity index (χ2n) is 11.7. The largest absolute Gasteiger partial charge is 0.497 e. The van der Waals surface area contributed by atoms with Gasteiger partial charge in [0, 0.05) is 18.3 Å². The Morgan fingerprint density at radius 3 is 2.39 bits per heavy atom. The fourth-order valence-corrected chi connectivity index (χ4v) is 6.68. The molecule has 1 saturated carbocycles. The van der Waals surface area contributed by atoms with Crippen LogP contribution in [-0.2, 0) is 11.2 Å². The van der Waals surface area contributed by atoms with Gasteiger partial charge in [0.15, 0.2) is 5.69 Å². The van der Waals surface area contributed by atoms with E-state index in [1.807, 2.05) is 62.4 Å². The molecule has 0 saturated heterocycles. The molecule has 1 atom stereocenters. The number of carbonyl (C=O) groups excluding carboxylic acids is 3. The van der Waals surface area contributed by atoms with Crippen molar-refractivity contribution in [2.45, 2.75) is 64.5 Å². The number of carbonyl (C=O) groups is 3. The predicted molar refractivity (Wildman–Crippen MR) is 182 cm³/mol. The van der Waals surface area contributed by atoms with Crippen LogP contribution in [0.2, 0.25) is 0 Å². The maximum atomic E-state index is 14.6. The topological polar surface area (TPSA) is 127 Å². The number of aryl methyl sites for hydroxylation is 2. The molecule has 0 unspecified atom stereocenters. The molecule has 0 spiro atoms. The van der Waals surface area contributed by atoms with Gasteiger partial charge in [-0.15, -0.1) is 0 Å². The van der Waals surface area contributed by atoms with Gasteiger partial charge in [0.2, 0.25) is 5.91 Å². The number of nitrogens with one attached hydrogen (secondary N) is 2. The summed E-state index contributed by atoms with van der Waals surface area (Å²) in [5.74, 6) is -0.634. The molecular formula is C36H41N5O4S. The van der Waals surface area contributed by atoms with Crippen LogP contribution in [0.4, 0.5) is 11.4 Å². The first-order chi connectivity index (χ1) is 22.3. The van der Waals surface area contributed by atoms with Gasteiger partial charge in [-0.25, -0.2) is 0 Å². The highest BCUT2D eigenvalue weighted by Gasteiger charge is 2.37. The number of benzene rings is 3. The molecule has 3 amide bonds. The molecule has 5 rings (SSSR count). The van der Waals surface area contributed by atoms with Crippen LogP contribution in [0.5, 0.6) is 5.75 Å². The molecule has 46 heavy (non-hydrogen) atoms. The van der Waals surface area contributed by atoms with Crippen LogP contribution >= 0.6 is 11.5 Å². The molecule has 10 heteroatoms. The zero-order valence-electron chi connectivity index (χ0n) is 26.5. The Hall–Kier alpha value is -4.70. The lowest BCUT2D eigenvalue weighted by Gasteiger charge is -2.32. The number of hydrogen-bond acceptors (Lipinski definition) is 7. The smallest absolute Gasteiger partial charge is 0.273 e. The van der Waals surface area contributed by atoms with E-state index in [0.29, 0.717) is 30.0 Å². The molecule has 0 radical (unpaired) electrons. The highest BCUT2D eigenvalue weighted by Crippen LogP contribution is 2.36. The maximum absolute atomic E-state index is 14.6. The number of amides is 3. The zero-order chi connectivity index (χ0) is 32.6. The molecule has 1 aromatic heterocycles. The molecule has 1 aliphatic rings. The average molecular weight is 640 g/mol. The Morgan fingerprint density at radius 2 is 1.72 bits per heavy atom. The SMILES string of the molecule is COc1ccc([C@@H](C(=O)NCCc2ccccc2)N(C(=O)c2snc(C(=O)NC3CCCCC3)c2N)c2ccc(C)cc2C)cc1. The number of nitrogens with two attached hydrogens (primary N) is 1. The van der Waals surface area contributed by atoms with Crippen LogP contribution in [-0.4, -0.2) is 41.8 Å². The van der Waals surface area contributed by atoms with Crippen molar-refractivity contribution < 1.29 is 19.1 Å². The van der Waals surface area contributed by atoms with Crippen LogP contribution in [0.1, 0.15) is 80.6 Å². The molecule has 3 aromatic carbocycles. The number of nitrogen functional groups attached to an aromatic ring is 1. The second-order valence-corrected chi connectivity index (χ2v) is 12.5. The summed E-state index contributed by atoms with van der Waals surface area (Å²) in [6, 6.07) is 21.7. The fourth-order valence-electron chi connectivity index (χ4n) is 5.94.